The maximum absolute atomic E-state index is 13.2. The Labute approximate surface area is 191 Å². The summed E-state index contributed by atoms with van der Waals surface area (Å²) in [5.74, 6) is 0.379. The first-order valence-corrected chi connectivity index (χ1v) is 11.3. The molecule has 0 bridgehead atoms. The van der Waals surface area contributed by atoms with Gasteiger partial charge in [-0.3, -0.25) is 24.8 Å². The van der Waals surface area contributed by atoms with Gasteiger partial charge in [0.25, 0.3) is 5.91 Å². The number of benzene rings is 1. The van der Waals surface area contributed by atoms with E-state index < -0.39 is 4.92 Å². The van der Waals surface area contributed by atoms with Crippen molar-refractivity contribution in [2.24, 2.45) is 0 Å². The highest BCUT2D eigenvalue weighted by molar-refractivity contribution is 7.22. The number of fused-ring (bicyclic) bond motifs is 1. The summed E-state index contributed by atoms with van der Waals surface area (Å²) in [6, 6.07) is 12.4. The Morgan fingerprint density at radius 1 is 1.22 bits per heavy atom. The zero-order chi connectivity index (χ0) is 22.5. The first-order valence-electron chi connectivity index (χ1n) is 9.70. The lowest BCUT2D eigenvalue weighted by Crippen LogP contribution is -2.28. The lowest BCUT2D eigenvalue weighted by atomic mass is 10.2. The second-order valence-electron chi connectivity index (χ2n) is 6.58. The van der Waals surface area contributed by atoms with Crippen molar-refractivity contribution in [1.82, 2.24) is 9.97 Å². The Balaban J connectivity index is 1.67. The van der Waals surface area contributed by atoms with E-state index in [0.717, 1.165) is 21.6 Å². The monoisotopic (exact) mass is 466 g/mol. The minimum absolute atomic E-state index is 0.0268. The Kier molecular flexibility index (Phi) is 6.52. The van der Waals surface area contributed by atoms with Gasteiger partial charge in [0.15, 0.2) is 5.13 Å². The molecule has 10 heteroatoms. The summed E-state index contributed by atoms with van der Waals surface area (Å²) in [6.07, 6.45) is 6.35. The standard InChI is InChI=1S/C22H18N4O4S2/c1-2-30-17-6-3-7-18-21(17)24-22(32-18)25(14-15-5-4-12-23-13-15)19(27)10-8-16-9-11-20(31-16)26(28)29/h3-13H,2,14H2,1H3/b10-8+. The van der Waals surface area contributed by atoms with E-state index in [1.54, 1.807) is 29.4 Å². The number of aromatic nitrogens is 2. The molecule has 0 fully saturated rings. The second kappa shape index (κ2) is 9.67. The van der Waals surface area contributed by atoms with Crippen LogP contribution in [0.5, 0.6) is 5.75 Å². The lowest BCUT2D eigenvalue weighted by molar-refractivity contribution is -0.380. The van der Waals surface area contributed by atoms with Gasteiger partial charge in [-0.25, -0.2) is 4.98 Å². The zero-order valence-electron chi connectivity index (χ0n) is 17.0. The molecule has 4 rings (SSSR count). The lowest BCUT2D eigenvalue weighted by Gasteiger charge is -2.18. The van der Waals surface area contributed by atoms with Crippen LogP contribution >= 0.6 is 22.7 Å². The van der Waals surface area contributed by atoms with E-state index in [0.29, 0.717) is 27.9 Å². The third-order valence-electron chi connectivity index (χ3n) is 4.41. The van der Waals surface area contributed by atoms with Crippen molar-refractivity contribution >= 4 is 55.0 Å². The van der Waals surface area contributed by atoms with E-state index >= 15 is 0 Å². The average molecular weight is 467 g/mol. The molecule has 3 heterocycles. The smallest absolute Gasteiger partial charge is 0.324 e. The van der Waals surface area contributed by atoms with Crippen molar-refractivity contribution in [2.45, 2.75) is 13.5 Å². The van der Waals surface area contributed by atoms with Crippen molar-refractivity contribution in [3.8, 4) is 5.75 Å². The molecule has 0 spiro atoms. The van der Waals surface area contributed by atoms with Crippen LogP contribution in [-0.2, 0) is 11.3 Å². The molecule has 0 aliphatic rings. The number of anilines is 1. The number of hydrogen-bond donors (Lipinski definition) is 0. The molecular weight excluding hydrogens is 448 g/mol. The summed E-state index contributed by atoms with van der Waals surface area (Å²) in [5.41, 5.74) is 1.56. The molecule has 0 atom stereocenters. The number of hydrogen-bond acceptors (Lipinski definition) is 8. The number of thiazole rings is 1. The molecule has 0 aliphatic carbocycles. The third-order valence-corrected chi connectivity index (χ3v) is 6.46. The summed E-state index contributed by atoms with van der Waals surface area (Å²) in [4.78, 5) is 34.6. The van der Waals surface area contributed by atoms with Gasteiger partial charge in [-0.2, -0.15) is 0 Å². The Morgan fingerprint density at radius 3 is 2.81 bits per heavy atom. The quantitative estimate of drug-likeness (QED) is 0.198. The summed E-state index contributed by atoms with van der Waals surface area (Å²) < 4.78 is 6.59. The van der Waals surface area contributed by atoms with Crippen LogP contribution in [0.1, 0.15) is 17.4 Å². The number of amides is 1. The van der Waals surface area contributed by atoms with E-state index in [2.05, 4.69) is 9.97 Å². The average Bonchev–Trinajstić information content (AvgIpc) is 3.44. The minimum Gasteiger partial charge on any atom is -0.492 e. The first kappa shape index (κ1) is 21.6. The number of para-hydroxylation sites is 1. The summed E-state index contributed by atoms with van der Waals surface area (Å²) >= 11 is 2.41. The van der Waals surface area contributed by atoms with Crippen LogP contribution in [0, 0.1) is 10.1 Å². The molecular formula is C22H18N4O4S2. The van der Waals surface area contributed by atoms with Gasteiger partial charge in [0.05, 0.1) is 22.8 Å². The molecule has 4 aromatic rings. The maximum atomic E-state index is 13.2. The third kappa shape index (κ3) is 4.82. The fourth-order valence-electron chi connectivity index (χ4n) is 2.99. The number of pyridine rings is 1. The number of rotatable bonds is 8. The van der Waals surface area contributed by atoms with Gasteiger partial charge < -0.3 is 4.74 Å². The number of thiophene rings is 1. The molecule has 162 valence electrons. The van der Waals surface area contributed by atoms with Crippen LogP contribution in [-0.4, -0.2) is 27.4 Å². The number of nitro groups is 1. The Morgan fingerprint density at radius 2 is 2.09 bits per heavy atom. The molecule has 0 saturated carbocycles. The number of carbonyl (C=O) groups excluding carboxylic acids is 1. The molecule has 1 aromatic carbocycles. The molecule has 0 aliphatic heterocycles. The van der Waals surface area contributed by atoms with Crippen LogP contribution < -0.4 is 9.64 Å². The topological polar surface area (TPSA) is 98.5 Å². The minimum atomic E-state index is -0.449. The summed E-state index contributed by atoms with van der Waals surface area (Å²) in [6.45, 7) is 2.70. The normalized spacial score (nSPS) is 11.2. The highest BCUT2D eigenvalue weighted by Crippen LogP contribution is 2.35. The largest absolute Gasteiger partial charge is 0.492 e. The highest BCUT2D eigenvalue weighted by Gasteiger charge is 2.20. The van der Waals surface area contributed by atoms with Crippen LogP contribution in [0.4, 0.5) is 10.1 Å². The van der Waals surface area contributed by atoms with Crippen LogP contribution in [0.2, 0.25) is 0 Å². The van der Waals surface area contributed by atoms with E-state index in [4.69, 9.17) is 4.74 Å². The molecule has 0 saturated heterocycles. The van der Waals surface area contributed by atoms with Crippen molar-refractivity contribution in [2.75, 3.05) is 11.5 Å². The maximum Gasteiger partial charge on any atom is 0.324 e. The van der Waals surface area contributed by atoms with Gasteiger partial charge in [-0.1, -0.05) is 34.8 Å². The summed E-state index contributed by atoms with van der Waals surface area (Å²) in [7, 11) is 0. The van der Waals surface area contributed by atoms with Crippen molar-refractivity contribution in [1.29, 1.82) is 0 Å². The SMILES string of the molecule is CCOc1cccc2sc(N(Cc3cccnc3)C(=O)/C=C/c3ccc([N+](=O)[O-])s3)nc12. The highest BCUT2D eigenvalue weighted by atomic mass is 32.1. The Hall–Kier alpha value is -3.63. The van der Waals surface area contributed by atoms with Crippen LogP contribution in [0.3, 0.4) is 0 Å². The molecule has 8 nitrogen and oxygen atoms in total. The number of carbonyl (C=O) groups is 1. The number of nitrogens with zero attached hydrogens (tertiary/aromatic N) is 4. The van der Waals surface area contributed by atoms with E-state index in [9.17, 15) is 14.9 Å². The Bertz CT molecular complexity index is 1280. The van der Waals surface area contributed by atoms with Crippen LogP contribution in [0.15, 0.2) is 60.9 Å². The van der Waals surface area contributed by atoms with Crippen molar-refractivity contribution in [3.05, 3.63) is 81.5 Å². The number of ether oxygens (including phenoxy) is 1. The van der Waals surface area contributed by atoms with E-state index in [1.807, 2.05) is 37.3 Å². The van der Waals surface area contributed by atoms with Gasteiger partial charge in [0.1, 0.15) is 11.3 Å². The predicted octanol–water partition coefficient (Wildman–Crippen LogP) is 5.31. The van der Waals surface area contributed by atoms with Gasteiger partial charge in [-0.05, 0) is 42.8 Å². The molecule has 0 N–H and O–H groups in total. The van der Waals surface area contributed by atoms with E-state index in [-0.39, 0.29) is 17.5 Å². The molecule has 0 unspecified atom stereocenters. The zero-order valence-corrected chi connectivity index (χ0v) is 18.6. The second-order valence-corrected chi connectivity index (χ2v) is 8.69. The summed E-state index contributed by atoms with van der Waals surface area (Å²) in [5, 5.41) is 11.5. The van der Waals surface area contributed by atoms with E-state index in [1.165, 1.54) is 23.5 Å². The molecule has 3 aromatic heterocycles. The van der Waals surface area contributed by atoms with Crippen molar-refractivity contribution < 1.29 is 14.5 Å². The molecule has 32 heavy (non-hydrogen) atoms. The molecule has 0 radical (unpaired) electrons. The van der Waals surface area contributed by atoms with Gasteiger partial charge in [0.2, 0.25) is 0 Å². The predicted molar refractivity (Wildman–Crippen MR) is 126 cm³/mol. The fourth-order valence-corrected chi connectivity index (χ4v) is 4.70. The van der Waals surface area contributed by atoms with Crippen LogP contribution in [0.25, 0.3) is 16.3 Å². The fraction of sp³-hybridized carbons (Fsp3) is 0.136. The first-order chi connectivity index (χ1) is 15.5. The van der Waals surface area contributed by atoms with Gasteiger partial charge >= 0.3 is 5.00 Å². The van der Waals surface area contributed by atoms with Gasteiger partial charge in [0, 0.05) is 29.4 Å². The van der Waals surface area contributed by atoms with Gasteiger partial charge in [-0.15, -0.1) is 0 Å². The van der Waals surface area contributed by atoms with Crippen molar-refractivity contribution in [3.63, 3.8) is 0 Å². The molecule has 1 amide bonds.